The van der Waals surface area contributed by atoms with Crippen LogP contribution in [0.5, 0.6) is 5.75 Å². The molecule has 0 bridgehead atoms. The lowest BCUT2D eigenvalue weighted by atomic mass is 10.2. The summed E-state index contributed by atoms with van der Waals surface area (Å²) in [6.45, 7) is 0.604. The summed E-state index contributed by atoms with van der Waals surface area (Å²) in [5, 5.41) is 8.81. The van der Waals surface area contributed by atoms with E-state index in [0.29, 0.717) is 12.2 Å². The summed E-state index contributed by atoms with van der Waals surface area (Å²) in [6.07, 6.45) is 0. The quantitative estimate of drug-likeness (QED) is 0.621. The minimum Gasteiger partial charge on any atom is -0.493 e. The fourth-order valence-electron chi connectivity index (χ4n) is 1.54. The van der Waals surface area contributed by atoms with Gasteiger partial charge in [0.05, 0.1) is 12.2 Å². The van der Waals surface area contributed by atoms with E-state index >= 15 is 0 Å². The largest absolute Gasteiger partial charge is 0.493 e. The highest BCUT2D eigenvalue weighted by Gasteiger charge is 2.02. The van der Waals surface area contributed by atoms with Crippen LogP contribution in [0.1, 0.15) is 10.4 Å². The van der Waals surface area contributed by atoms with Crippen LogP contribution >= 0.6 is 27.7 Å². The Kier molecular flexibility index (Phi) is 5.49. The maximum atomic E-state index is 10.7. The molecule has 0 amide bonds. The molecule has 2 rings (SSSR count). The number of carbonyl (C=O) groups is 1. The normalized spacial score (nSPS) is 10.2. The average Bonchev–Trinajstić information content (AvgIpc) is 2.46. The van der Waals surface area contributed by atoms with E-state index in [1.54, 1.807) is 23.9 Å². The van der Waals surface area contributed by atoms with E-state index in [0.717, 1.165) is 20.9 Å². The third kappa shape index (κ3) is 4.58. The van der Waals surface area contributed by atoms with Crippen molar-refractivity contribution in [3.8, 4) is 5.75 Å². The van der Waals surface area contributed by atoms with Crippen molar-refractivity contribution in [1.82, 2.24) is 0 Å². The minimum absolute atomic E-state index is 0.306. The van der Waals surface area contributed by atoms with Crippen LogP contribution in [-0.4, -0.2) is 23.4 Å². The Hall–Kier alpha value is -1.46. The topological polar surface area (TPSA) is 46.5 Å². The van der Waals surface area contributed by atoms with Gasteiger partial charge in [0.25, 0.3) is 0 Å². The highest BCUT2D eigenvalue weighted by atomic mass is 79.9. The van der Waals surface area contributed by atoms with Gasteiger partial charge in [-0.3, -0.25) is 0 Å². The highest BCUT2D eigenvalue weighted by molar-refractivity contribution is 9.10. The zero-order valence-corrected chi connectivity index (χ0v) is 13.0. The maximum Gasteiger partial charge on any atom is 0.335 e. The molecule has 0 saturated heterocycles. The number of aromatic carboxylic acids is 1. The number of benzene rings is 2. The molecule has 0 fully saturated rings. The van der Waals surface area contributed by atoms with Crippen LogP contribution in [0.15, 0.2) is 57.9 Å². The van der Waals surface area contributed by atoms with Gasteiger partial charge in [0, 0.05) is 15.1 Å². The molecule has 0 spiro atoms. The lowest BCUT2D eigenvalue weighted by Gasteiger charge is -2.06. The second-order valence-corrected chi connectivity index (χ2v) is 6.06. The summed E-state index contributed by atoms with van der Waals surface area (Å²) in [6, 6.07) is 14.6. The lowest BCUT2D eigenvalue weighted by molar-refractivity contribution is 0.0697. The van der Waals surface area contributed by atoms with Gasteiger partial charge in [-0.2, -0.15) is 0 Å². The van der Waals surface area contributed by atoms with Crippen molar-refractivity contribution >= 4 is 33.7 Å². The third-order valence-corrected chi connectivity index (χ3v) is 4.04. The molecule has 0 aromatic heterocycles. The van der Waals surface area contributed by atoms with E-state index in [9.17, 15) is 4.79 Å². The predicted octanol–water partition coefficient (Wildman–Crippen LogP) is 4.32. The van der Waals surface area contributed by atoms with Crippen molar-refractivity contribution in [2.75, 3.05) is 12.4 Å². The molecule has 2 aromatic rings. The van der Waals surface area contributed by atoms with Gasteiger partial charge in [0.2, 0.25) is 0 Å². The number of ether oxygens (including phenoxy) is 1. The number of carboxylic acids is 1. The summed E-state index contributed by atoms with van der Waals surface area (Å²) in [5.74, 6) is 0.748. The van der Waals surface area contributed by atoms with Gasteiger partial charge in [0.1, 0.15) is 5.75 Å². The van der Waals surface area contributed by atoms with Gasteiger partial charge < -0.3 is 9.84 Å². The molecule has 0 aliphatic carbocycles. The first-order valence-electron chi connectivity index (χ1n) is 6.00. The van der Waals surface area contributed by atoms with Crippen molar-refractivity contribution in [3.05, 3.63) is 58.6 Å². The predicted molar refractivity (Wildman–Crippen MR) is 83.8 cm³/mol. The summed E-state index contributed by atoms with van der Waals surface area (Å²) < 4.78 is 6.63. The van der Waals surface area contributed by atoms with E-state index in [4.69, 9.17) is 9.84 Å². The van der Waals surface area contributed by atoms with Crippen LogP contribution in [0.4, 0.5) is 0 Å². The summed E-state index contributed by atoms with van der Waals surface area (Å²) >= 11 is 5.01. The Morgan fingerprint density at radius 2 is 1.75 bits per heavy atom. The van der Waals surface area contributed by atoms with Gasteiger partial charge in [-0.15, -0.1) is 11.8 Å². The monoisotopic (exact) mass is 352 g/mol. The standard InChI is InChI=1S/C15H13BrO3S/c16-12-3-5-13(6-4-12)19-9-10-20-14-7-1-11(2-8-14)15(17)18/h1-8H,9-10H2,(H,17,18). The Morgan fingerprint density at radius 3 is 2.35 bits per heavy atom. The Bertz CT molecular complexity index is 567. The Balaban J connectivity index is 1.75. The number of thioether (sulfide) groups is 1. The number of halogens is 1. The number of carboxylic acid groups (broad SMARTS) is 1. The molecular formula is C15H13BrO3S. The zero-order chi connectivity index (χ0) is 14.4. The van der Waals surface area contributed by atoms with Crippen molar-refractivity contribution in [2.45, 2.75) is 4.90 Å². The Morgan fingerprint density at radius 1 is 1.10 bits per heavy atom. The third-order valence-electron chi connectivity index (χ3n) is 2.54. The summed E-state index contributed by atoms with van der Waals surface area (Å²) in [7, 11) is 0. The molecule has 3 nitrogen and oxygen atoms in total. The van der Waals surface area contributed by atoms with Crippen LogP contribution in [0.25, 0.3) is 0 Å². The second-order valence-electron chi connectivity index (χ2n) is 3.98. The summed E-state index contributed by atoms with van der Waals surface area (Å²) in [4.78, 5) is 11.8. The minimum atomic E-state index is -0.903. The fourth-order valence-corrected chi connectivity index (χ4v) is 2.54. The molecule has 1 N–H and O–H groups in total. The van der Waals surface area contributed by atoms with Crippen molar-refractivity contribution in [3.63, 3.8) is 0 Å². The van der Waals surface area contributed by atoms with Crippen molar-refractivity contribution in [1.29, 1.82) is 0 Å². The molecular weight excluding hydrogens is 340 g/mol. The van der Waals surface area contributed by atoms with Crippen LogP contribution in [0.2, 0.25) is 0 Å². The van der Waals surface area contributed by atoms with Gasteiger partial charge in [-0.1, -0.05) is 15.9 Å². The average molecular weight is 353 g/mol. The van der Waals surface area contributed by atoms with Gasteiger partial charge in [-0.05, 0) is 48.5 Å². The van der Waals surface area contributed by atoms with Crippen molar-refractivity contribution in [2.24, 2.45) is 0 Å². The van der Waals surface area contributed by atoms with E-state index in [1.807, 2.05) is 36.4 Å². The Labute approximate surface area is 130 Å². The molecule has 0 aliphatic rings. The van der Waals surface area contributed by atoms with Gasteiger partial charge >= 0.3 is 5.97 Å². The van der Waals surface area contributed by atoms with Crippen LogP contribution in [-0.2, 0) is 0 Å². The molecule has 0 radical (unpaired) electrons. The van der Waals surface area contributed by atoms with E-state index in [1.165, 1.54) is 0 Å². The lowest BCUT2D eigenvalue weighted by Crippen LogP contribution is -2.00. The zero-order valence-electron chi connectivity index (χ0n) is 10.6. The van der Waals surface area contributed by atoms with E-state index in [2.05, 4.69) is 15.9 Å². The van der Waals surface area contributed by atoms with Gasteiger partial charge in [-0.25, -0.2) is 4.79 Å². The molecule has 0 heterocycles. The molecule has 0 aliphatic heterocycles. The maximum absolute atomic E-state index is 10.7. The van der Waals surface area contributed by atoms with Crippen molar-refractivity contribution < 1.29 is 14.6 Å². The van der Waals surface area contributed by atoms with Crippen LogP contribution in [0.3, 0.4) is 0 Å². The van der Waals surface area contributed by atoms with E-state index in [-0.39, 0.29) is 0 Å². The number of rotatable bonds is 6. The smallest absolute Gasteiger partial charge is 0.335 e. The van der Waals surface area contributed by atoms with Crippen LogP contribution < -0.4 is 4.74 Å². The molecule has 0 saturated carbocycles. The molecule has 0 unspecified atom stereocenters. The first kappa shape index (κ1) is 14.9. The van der Waals surface area contributed by atoms with E-state index < -0.39 is 5.97 Å². The summed E-state index contributed by atoms with van der Waals surface area (Å²) in [5.41, 5.74) is 0.306. The molecule has 20 heavy (non-hydrogen) atoms. The molecule has 2 aromatic carbocycles. The van der Waals surface area contributed by atoms with Crippen LogP contribution in [0, 0.1) is 0 Å². The number of hydrogen-bond acceptors (Lipinski definition) is 3. The molecule has 104 valence electrons. The first-order valence-corrected chi connectivity index (χ1v) is 7.77. The molecule has 5 heteroatoms. The molecule has 0 atom stereocenters. The highest BCUT2D eigenvalue weighted by Crippen LogP contribution is 2.20. The SMILES string of the molecule is O=C(O)c1ccc(SCCOc2ccc(Br)cc2)cc1. The second kappa shape index (κ2) is 7.36. The number of hydrogen-bond donors (Lipinski definition) is 1. The van der Waals surface area contributed by atoms with Gasteiger partial charge in [0.15, 0.2) is 0 Å². The fraction of sp³-hybridized carbons (Fsp3) is 0.133. The first-order chi connectivity index (χ1) is 9.65.